The first kappa shape index (κ1) is 15.8. The van der Waals surface area contributed by atoms with Gasteiger partial charge in [0.25, 0.3) is 0 Å². The number of ether oxygens (including phenoxy) is 1. The average molecular weight is 265 g/mol. The van der Waals surface area contributed by atoms with Crippen LogP contribution in [0.25, 0.3) is 0 Å². The number of hydrogen-bond donors (Lipinski definition) is 1. The Kier molecular flexibility index (Phi) is 6.70. The van der Waals surface area contributed by atoms with Crippen LogP contribution in [0.3, 0.4) is 0 Å². The number of aldehydes is 1. The number of hydrogen-bond acceptors (Lipinski definition) is 4. The molecule has 1 aliphatic rings. The van der Waals surface area contributed by atoms with Gasteiger partial charge in [-0.3, -0.25) is 9.69 Å². The number of benzene rings is 1. The van der Waals surface area contributed by atoms with E-state index in [2.05, 4.69) is 11.0 Å². The van der Waals surface area contributed by atoms with Crippen LogP contribution in [-0.4, -0.2) is 49.7 Å². The number of aryl methyl sites for hydroxylation is 1. The molecule has 4 heteroatoms. The normalized spacial score (nSPS) is 18.8. The van der Waals surface area contributed by atoms with Gasteiger partial charge in [-0.15, -0.1) is 0 Å². The molecule has 1 unspecified atom stereocenters. The molecule has 0 bridgehead atoms. The summed E-state index contributed by atoms with van der Waals surface area (Å²) in [4.78, 5) is 13.2. The average Bonchev–Trinajstić information content (AvgIpc) is 2.91. The molecule has 0 amide bonds. The Labute approximate surface area is 115 Å². The van der Waals surface area contributed by atoms with Crippen molar-refractivity contribution >= 4 is 6.29 Å². The molecule has 1 aromatic rings. The van der Waals surface area contributed by atoms with E-state index >= 15 is 0 Å². The Balaban J connectivity index is 0.000000861. The second-order valence-electron chi connectivity index (χ2n) is 4.69. The van der Waals surface area contributed by atoms with Crippen LogP contribution in [0, 0.1) is 6.92 Å². The number of nitrogens with zero attached hydrogens (tertiary/aromatic N) is 1. The van der Waals surface area contributed by atoms with Crippen molar-refractivity contribution in [1.82, 2.24) is 4.90 Å². The molecule has 106 valence electrons. The molecule has 4 nitrogen and oxygen atoms in total. The van der Waals surface area contributed by atoms with Crippen molar-refractivity contribution in [2.24, 2.45) is 0 Å². The van der Waals surface area contributed by atoms with E-state index in [0.29, 0.717) is 6.10 Å². The number of methoxy groups -OCH3 is 1. The minimum atomic E-state index is 0.367. The van der Waals surface area contributed by atoms with Gasteiger partial charge in [0.05, 0.1) is 6.10 Å². The summed E-state index contributed by atoms with van der Waals surface area (Å²) in [6, 6.07) is 6.11. The lowest BCUT2D eigenvalue weighted by Crippen LogP contribution is -2.22. The lowest BCUT2D eigenvalue weighted by Gasteiger charge is -2.16. The van der Waals surface area contributed by atoms with Crippen molar-refractivity contribution in [2.45, 2.75) is 26.0 Å². The molecule has 0 aliphatic carbocycles. The van der Waals surface area contributed by atoms with Gasteiger partial charge in [0.15, 0.2) is 0 Å². The minimum absolute atomic E-state index is 0.367. The summed E-state index contributed by atoms with van der Waals surface area (Å²) < 4.78 is 5.35. The number of aliphatic hydroxyl groups is 1. The fourth-order valence-electron chi connectivity index (χ4n) is 2.31. The lowest BCUT2D eigenvalue weighted by molar-refractivity contribution is 0.107. The van der Waals surface area contributed by atoms with E-state index in [0.717, 1.165) is 50.6 Å². The number of rotatable bonds is 4. The molecule has 1 aromatic carbocycles. The number of likely N-dealkylation sites (tertiary alicyclic amines) is 1. The molecule has 0 aromatic heterocycles. The summed E-state index contributed by atoms with van der Waals surface area (Å²) in [6.07, 6.45) is 2.40. The summed E-state index contributed by atoms with van der Waals surface area (Å²) in [5.41, 5.74) is 3.04. The van der Waals surface area contributed by atoms with Gasteiger partial charge in [-0.2, -0.15) is 0 Å². The molecular weight excluding hydrogens is 242 g/mol. The first-order valence-corrected chi connectivity index (χ1v) is 6.47. The van der Waals surface area contributed by atoms with Crippen LogP contribution < -0.4 is 0 Å². The van der Waals surface area contributed by atoms with E-state index in [1.807, 2.05) is 19.1 Å². The molecule has 1 atom stereocenters. The highest BCUT2D eigenvalue weighted by Gasteiger charge is 2.21. The number of aliphatic hydroxyl groups excluding tert-OH is 1. The van der Waals surface area contributed by atoms with Gasteiger partial charge >= 0.3 is 0 Å². The molecule has 19 heavy (non-hydrogen) atoms. The maximum absolute atomic E-state index is 10.9. The standard InChI is InChI=1S/C14H19NO2.CH4O/c1-11-3-4-12(7-13(11)10-16)8-15-6-5-14(9-15)17-2;1-2/h3-4,7,10,14H,5-6,8-9H2,1-2H3;2H,1H3. The highest BCUT2D eigenvalue weighted by atomic mass is 16.5. The molecule has 1 heterocycles. The van der Waals surface area contributed by atoms with Crippen LogP contribution in [0.15, 0.2) is 18.2 Å². The number of carbonyl (C=O) groups excluding carboxylic acids is 1. The Hall–Kier alpha value is -1.23. The largest absolute Gasteiger partial charge is 0.400 e. The van der Waals surface area contributed by atoms with Crippen molar-refractivity contribution < 1.29 is 14.6 Å². The molecule has 0 spiro atoms. The van der Waals surface area contributed by atoms with Gasteiger partial charge in [-0.1, -0.05) is 12.1 Å². The quantitative estimate of drug-likeness (QED) is 0.841. The SMILES string of the molecule is CO.COC1CCN(Cc2ccc(C)c(C=O)c2)C1. The van der Waals surface area contributed by atoms with Crippen molar-refractivity contribution in [3.63, 3.8) is 0 Å². The molecule has 0 radical (unpaired) electrons. The maximum atomic E-state index is 10.9. The van der Waals surface area contributed by atoms with Crippen molar-refractivity contribution in [3.05, 3.63) is 34.9 Å². The predicted molar refractivity (Wildman–Crippen MR) is 75.4 cm³/mol. The van der Waals surface area contributed by atoms with E-state index < -0.39 is 0 Å². The second kappa shape index (κ2) is 8.04. The lowest BCUT2D eigenvalue weighted by atomic mass is 10.1. The maximum Gasteiger partial charge on any atom is 0.150 e. The van der Waals surface area contributed by atoms with E-state index in [4.69, 9.17) is 9.84 Å². The first-order valence-electron chi connectivity index (χ1n) is 6.47. The van der Waals surface area contributed by atoms with Gasteiger partial charge in [0.1, 0.15) is 6.29 Å². The van der Waals surface area contributed by atoms with Crippen LogP contribution in [0.2, 0.25) is 0 Å². The molecule has 1 aliphatic heterocycles. The smallest absolute Gasteiger partial charge is 0.150 e. The Morgan fingerprint density at radius 1 is 1.47 bits per heavy atom. The van der Waals surface area contributed by atoms with Crippen LogP contribution in [-0.2, 0) is 11.3 Å². The zero-order valence-corrected chi connectivity index (χ0v) is 11.9. The molecule has 1 saturated heterocycles. The molecular formula is C15H23NO3. The van der Waals surface area contributed by atoms with Crippen LogP contribution in [0.4, 0.5) is 0 Å². The summed E-state index contributed by atoms with van der Waals surface area (Å²) in [5.74, 6) is 0. The van der Waals surface area contributed by atoms with Gasteiger partial charge in [-0.25, -0.2) is 0 Å². The van der Waals surface area contributed by atoms with Crippen LogP contribution in [0.5, 0.6) is 0 Å². The second-order valence-corrected chi connectivity index (χ2v) is 4.69. The zero-order chi connectivity index (χ0) is 14.3. The fourth-order valence-corrected chi connectivity index (χ4v) is 2.31. The van der Waals surface area contributed by atoms with Crippen molar-refractivity contribution in [1.29, 1.82) is 0 Å². The summed E-state index contributed by atoms with van der Waals surface area (Å²) in [5, 5.41) is 7.00. The van der Waals surface area contributed by atoms with Gasteiger partial charge in [0.2, 0.25) is 0 Å². The van der Waals surface area contributed by atoms with Gasteiger partial charge < -0.3 is 9.84 Å². The monoisotopic (exact) mass is 265 g/mol. The number of carbonyl (C=O) groups is 1. The molecule has 1 fully saturated rings. The highest BCUT2D eigenvalue weighted by Crippen LogP contribution is 2.17. The minimum Gasteiger partial charge on any atom is -0.400 e. The van der Waals surface area contributed by atoms with Crippen LogP contribution >= 0.6 is 0 Å². The van der Waals surface area contributed by atoms with E-state index in [1.165, 1.54) is 5.56 Å². The zero-order valence-electron chi connectivity index (χ0n) is 11.9. The topological polar surface area (TPSA) is 49.8 Å². The predicted octanol–water partition coefficient (Wildman–Crippen LogP) is 1.64. The highest BCUT2D eigenvalue weighted by molar-refractivity contribution is 5.77. The van der Waals surface area contributed by atoms with E-state index in [9.17, 15) is 4.79 Å². The van der Waals surface area contributed by atoms with Crippen molar-refractivity contribution in [3.8, 4) is 0 Å². The summed E-state index contributed by atoms with van der Waals surface area (Å²) in [7, 11) is 2.77. The summed E-state index contributed by atoms with van der Waals surface area (Å²) >= 11 is 0. The Morgan fingerprint density at radius 3 is 2.79 bits per heavy atom. The third-order valence-electron chi connectivity index (χ3n) is 3.44. The van der Waals surface area contributed by atoms with E-state index in [1.54, 1.807) is 7.11 Å². The third kappa shape index (κ3) is 4.42. The van der Waals surface area contributed by atoms with Gasteiger partial charge in [0, 0.05) is 39.4 Å². The first-order chi connectivity index (χ1) is 9.22. The van der Waals surface area contributed by atoms with Gasteiger partial charge in [-0.05, 0) is 30.5 Å². The fraction of sp³-hybridized carbons (Fsp3) is 0.533. The third-order valence-corrected chi connectivity index (χ3v) is 3.44. The summed E-state index contributed by atoms with van der Waals surface area (Å²) in [6.45, 7) is 4.93. The molecule has 2 rings (SSSR count). The van der Waals surface area contributed by atoms with Crippen LogP contribution in [0.1, 0.15) is 27.9 Å². The van der Waals surface area contributed by atoms with E-state index in [-0.39, 0.29) is 0 Å². The Bertz CT molecular complexity index is 406. The molecule has 0 saturated carbocycles. The molecule has 1 N–H and O–H groups in total. The van der Waals surface area contributed by atoms with Crippen molar-refractivity contribution in [2.75, 3.05) is 27.3 Å². The Morgan fingerprint density at radius 2 is 2.21 bits per heavy atom.